The number of carbonyl (C=O) groups is 2. The fourth-order valence-corrected chi connectivity index (χ4v) is 4.70. The van der Waals surface area contributed by atoms with Gasteiger partial charge in [0.2, 0.25) is 22.3 Å². The minimum absolute atomic E-state index is 0.143. The van der Waals surface area contributed by atoms with Crippen LogP contribution in [0.15, 0.2) is 60.9 Å². The number of sulfonamides is 1. The van der Waals surface area contributed by atoms with Crippen LogP contribution in [0, 0.1) is 0 Å². The molecule has 0 unspecified atom stereocenters. The Morgan fingerprint density at radius 1 is 0.939 bits per heavy atom. The number of rotatable bonds is 10. The lowest BCUT2D eigenvalue weighted by Gasteiger charge is -2.22. The van der Waals surface area contributed by atoms with Crippen LogP contribution in [-0.4, -0.2) is 49.2 Å². The molecule has 0 aliphatic rings. The molecule has 0 fully saturated rings. The van der Waals surface area contributed by atoms with Crippen molar-refractivity contribution in [2.24, 2.45) is 0 Å². The average Bonchev–Trinajstić information content (AvgIpc) is 3.37. The molecule has 0 aliphatic heterocycles. The molecule has 0 spiro atoms. The first-order chi connectivity index (χ1) is 15.8. The molecule has 4 aromatic rings. The highest BCUT2D eigenvalue weighted by molar-refractivity contribution is 7.88. The molecule has 2 aromatic carbocycles. The fraction of sp³-hybridized carbons (Fsp3) is 0.217. The first-order valence-corrected chi connectivity index (χ1v) is 12.3. The number of nitrogens with one attached hydrogen (secondary N) is 5. The van der Waals surface area contributed by atoms with Crippen LogP contribution in [0.5, 0.6) is 0 Å². The van der Waals surface area contributed by atoms with E-state index in [4.69, 9.17) is 0 Å². The lowest BCUT2D eigenvalue weighted by Crippen LogP contribution is -2.54. The van der Waals surface area contributed by atoms with Crippen LogP contribution in [0.25, 0.3) is 21.8 Å². The maximum absolute atomic E-state index is 13.1. The number of H-pyrrole nitrogens is 2. The van der Waals surface area contributed by atoms with Crippen molar-refractivity contribution in [2.45, 2.75) is 25.0 Å². The summed E-state index contributed by atoms with van der Waals surface area (Å²) < 4.78 is 26.4. The molecule has 0 saturated carbocycles. The Balaban J connectivity index is 1.55. The molecule has 0 saturated heterocycles. The topological polar surface area (TPSA) is 136 Å². The third kappa shape index (κ3) is 5.41. The molecule has 0 radical (unpaired) electrons. The molecule has 5 N–H and O–H groups in total. The number of fused-ring (bicyclic) bond motifs is 2. The van der Waals surface area contributed by atoms with Crippen molar-refractivity contribution in [3.63, 3.8) is 0 Å². The van der Waals surface area contributed by atoms with Crippen molar-refractivity contribution in [3.8, 4) is 0 Å². The molecule has 10 heteroatoms. The fourth-order valence-electron chi connectivity index (χ4n) is 3.99. The Bertz CT molecular complexity index is 1390. The van der Waals surface area contributed by atoms with E-state index in [2.05, 4.69) is 25.3 Å². The van der Waals surface area contributed by atoms with Crippen molar-refractivity contribution in [1.82, 2.24) is 25.3 Å². The first-order valence-electron chi connectivity index (χ1n) is 10.4. The summed E-state index contributed by atoms with van der Waals surface area (Å²) in [5.41, 5.74) is 3.55. The number of carbonyl (C=O) groups excluding carboxylic acids is 2. The summed E-state index contributed by atoms with van der Waals surface area (Å²) in [6, 6.07) is 14.2. The standard InChI is InChI=1S/C23H25N5O4S/c1-33(31,32)28-21(10-15-12-24-19-8-4-2-6-17(15)19)23(30)27-22(26-14-29)11-16-13-25-20-9-5-3-7-18(16)20/h2-9,12-14,21-22,24-25,28H,10-11H2,1H3,(H,26,29)(H,27,30)/t21-,22-/m1/s1. The van der Waals surface area contributed by atoms with Crippen molar-refractivity contribution in [2.75, 3.05) is 6.26 Å². The largest absolute Gasteiger partial charge is 0.361 e. The Hall–Kier alpha value is -3.63. The highest BCUT2D eigenvalue weighted by Crippen LogP contribution is 2.20. The number of amides is 2. The number of aromatic amines is 2. The maximum Gasteiger partial charge on any atom is 0.240 e. The van der Waals surface area contributed by atoms with Gasteiger partial charge in [-0.05, 0) is 29.7 Å². The Labute approximate surface area is 191 Å². The van der Waals surface area contributed by atoms with Crippen molar-refractivity contribution in [3.05, 3.63) is 72.1 Å². The van der Waals surface area contributed by atoms with Crippen LogP contribution in [0.1, 0.15) is 11.1 Å². The van der Waals surface area contributed by atoms with Gasteiger partial charge in [0.1, 0.15) is 12.2 Å². The van der Waals surface area contributed by atoms with Gasteiger partial charge in [0.15, 0.2) is 0 Å². The molecular formula is C23H25N5O4S. The van der Waals surface area contributed by atoms with Crippen LogP contribution in [0.3, 0.4) is 0 Å². The third-order valence-electron chi connectivity index (χ3n) is 5.46. The van der Waals surface area contributed by atoms with Crippen molar-refractivity contribution in [1.29, 1.82) is 0 Å². The molecule has 4 rings (SSSR count). The van der Waals surface area contributed by atoms with Gasteiger partial charge in [0.25, 0.3) is 0 Å². The first kappa shape index (κ1) is 22.6. The number of aromatic nitrogens is 2. The summed E-state index contributed by atoms with van der Waals surface area (Å²) in [5.74, 6) is -0.537. The third-order valence-corrected chi connectivity index (χ3v) is 6.17. The van der Waals surface area contributed by atoms with Crippen LogP contribution in [-0.2, 0) is 32.5 Å². The molecule has 2 aromatic heterocycles. The highest BCUT2D eigenvalue weighted by atomic mass is 32.2. The monoisotopic (exact) mass is 467 g/mol. The van der Waals surface area contributed by atoms with E-state index < -0.39 is 28.1 Å². The molecule has 2 heterocycles. The number of hydrogen-bond donors (Lipinski definition) is 5. The van der Waals surface area contributed by atoms with Gasteiger partial charge in [-0.15, -0.1) is 0 Å². The van der Waals surface area contributed by atoms with Gasteiger partial charge >= 0.3 is 0 Å². The minimum atomic E-state index is -3.67. The second kappa shape index (κ2) is 9.47. The molecule has 0 bridgehead atoms. The van der Waals surface area contributed by atoms with Gasteiger partial charge in [0, 0.05) is 40.6 Å². The maximum atomic E-state index is 13.1. The quantitative estimate of drug-likeness (QED) is 0.179. The predicted octanol–water partition coefficient (Wildman–Crippen LogP) is 1.54. The second-order valence-electron chi connectivity index (χ2n) is 7.92. The van der Waals surface area contributed by atoms with E-state index in [1.54, 1.807) is 6.20 Å². The zero-order chi connectivity index (χ0) is 23.4. The number of benzene rings is 2. The number of para-hydroxylation sites is 2. The Kier molecular flexibility index (Phi) is 6.47. The lowest BCUT2D eigenvalue weighted by molar-refractivity contribution is -0.123. The van der Waals surface area contributed by atoms with Gasteiger partial charge in [0.05, 0.1) is 6.26 Å². The molecular weight excluding hydrogens is 442 g/mol. The summed E-state index contributed by atoms with van der Waals surface area (Å²) in [7, 11) is -3.67. The van der Waals surface area contributed by atoms with Crippen LogP contribution < -0.4 is 15.4 Å². The van der Waals surface area contributed by atoms with Crippen LogP contribution in [0.4, 0.5) is 0 Å². The van der Waals surface area contributed by atoms with E-state index in [1.165, 1.54) is 0 Å². The smallest absolute Gasteiger partial charge is 0.240 e. The molecule has 33 heavy (non-hydrogen) atoms. The van der Waals surface area contributed by atoms with E-state index >= 15 is 0 Å². The van der Waals surface area contributed by atoms with Gasteiger partial charge in [-0.1, -0.05) is 36.4 Å². The van der Waals surface area contributed by atoms with E-state index in [0.29, 0.717) is 12.8 Å². The van der Waals surface area contributed by atoms with E-state index in [-0.39, 0.29) is 6.42 Å². The molecule has 2 atom stereocenters. The summed E-state index contributed by atoms with van der Waals surface area (Å²) >= 11 is 0. The summed E-state index contributed by atoms with van der Waals surface area (Å²) in [4.78, 5) is 30.7. The van der Waals surface area contributed by atoms with Crippen LogP contribution in [0.2, 0.25) is 0 Å². The van der Waals surface area contributed by atoms with Crippen LogP contribution >= 0.6 is 0 Å². The zero-order valence-corrected chi connectivity index (χ0v) is 18.8. The molecule has 2 amide bonds. The van der Waals surface area contributed by atoms with E-state index in [1.807, 2.05) is 54.7 Å². The SMILES string of the molecule is CS(=O)(=O)N[C@H](Cc1c[nH]c2ccccc12)C(=O)N[C@H](Cc1c[nH]c2ccccc12)NC=O. The van der Waals surface area contributed by atoms with E-state index in [0.717, 1.165) is 39.2 Å². The van der Waals surface area contributed by atoms with E-state index in [9.17, 15) is 18.0 Å². The summed E-state index contributed by atoms with van der Waals surface area (Å²) in [5, 5.41) is 7.27. The normalized spacial score (nSPS) is 13.6. The van der Waals surface area contributed by atoms with Gasteiger partial charge in [-0.3, -0.25) is 9.59 Å². The lowest BCUT2D eigenvalue weighted by atomic mass is 10.0. The summed E-state index contributed by atoms with van der Waals surface area (Å²) in [6.45, 7) is 0. The van der Waals surface area contributed by atoms with Gasteiger partial charge < -0.3 is 20.6 Å². The van der Waals surface area contributed by atoms with Crippen molar-refractivity contribution >= 4 is 44.1 Å². The number of hydrogen-bond acceptors (Lipinski definition) is 4. The van der Waals surface area contributed by atoms with Gasteiger partial charge in [-0.25, -0.2) is 13.1 Å². The zero-order valence-electron chi connectivity index (χ0n) is 18.0. The van der Waals surface area contributed by atoms with Gasteiger partial charge in [-0.2, -0.15) is 0 Å². The summed E-state index contributed by atoms with van der Waals surface area (Å²) in [6.07, 6.45) is 4.86. The molecule has 9 nitrogen and oxygen atoms in total. The Morgan fingerprint density at radius 2 is 1.48 bits per heavy atom. The second-order valence-corrected chi connectivity index (χ2v) is 9.70. The minimum Gasteiger partial charge on any atom is -0.361 e. The predicted molar refractivity (Wildman–Crippen MR) is 127 cm³/mol. The molecule has 172 valence electrons. The van der Waals surface area contributed by atoms with Crippen molar-refractivity contribution < 1.29 is 18.0 Å². The highest BCUT2D eigenvalue weighted by Gasteiger charge is 2.26. The average molecular weight is 468 g/mol. The molecule has 0 aliphatic carbocycles. The Morgan fingerprint density at radius 3 is 2.03 bits per heavy atom.